The number of phenols is 4. The molecule has 5 atom stereocenters. The van der Waals surface area contributed by atoms with E-state index in [0.29, 0.717) is 0 Å². The number of aromatic hydroxyl groups is 4. The number of carbonyl (C=O) groups is 5. The van der Waals surface area contributed by atoms with Crippen LogP contribution < -0.4 is 0 Å². The highest BCUT2D eigenvalue weighted by Crippen LogP contribution is 2.51. The standard InChI is InChI=1S/C27H22O12/c28-15-4-1-11(7-17(15)30)8-19(26(35)36)39-20(32)6-3-12-9-14-21(13-2-5-16(29)18(31)10-13)23(27(37)38)22(12)25(34)24(14)33/h1-7,9-10,14,19,21-23,28-31H,8H2,(H,35,36)(H,37,38)/b6-3+. The minimum absolute atomic E-state index is 0.0588. The zero-order chi connectivity index (χ0) is 28.6. The number of ketones is 2. The predicted molar refractivity (Wildman–Crippen MR) is 129 cm³/mol. The average molecular weight is 538 g/mol. The number of carboxylic acids is 2. The van der Waals surface area contributed by atoms with E-state index in [0.717, 1.165) is 36.4 Å². The number of ether oxygens (including phenoxy) is 1. The molecule has 39 heavy (non-hydrogen) atoms. The minimum atomic E-state index is -1.68. The summed E-state index contributed by atoms with van der Waals surface area (Å²) in [7, 11) is 0. The maximum Gasteiger partial charge on any atom is 0.345 e. The summed E-state index contributed by atoms with van der Waals surface area (Å²) in [5, 5.41) is 57.9. The van der Waals surface area contributed by atoms with Crippen molar-refractivity contribution in [1.82, 2.24) is 0 Å². The van der Waals surface area contributed by atoms with Crippen molar-refractivity contribution in [3.05, 3.63) is 71.3 Å². The van der Waals surface area contributed by atoms with E-state index in [9.17, 15) is 54.6 Å². The van der Waals surface area contributed by atoms with Crippen LogP contribution in [0.4, 0.5) is 0 Å². The fourth-order valence-corrected chi connectivity index (χ4v) is 4.97. The Hall–Kier alpha value is -5.13. The van der Waals surface area contributed by atoms with Gasteiger partial charge in [0.1, 0.15) is 0 Å². The Labute approximate surface area is 219 Å². The first-order valence-electron chi connectivity index (χ1n) is 11.6. The molecule has 0 spiro atoms. The summed E-state index contributed by atoms with van der Waals surface area (Å²) in [6.07, 6.45) is 1.24. The minimum Gasteiger partial charge on any atom is -0.504 e. The SMILES string of the molecule is O=C(/C=C/C1=CC2C(=O)C(=O)C1C(C(=O)O)C2c1ccc(O)c(O)c1)OC(Cc1ccc(O)c(O)c1)C(=O)O. The highest BCUT2D eigenvalue weighted by molar-refractivity contribution is 6.42. The van der Waals surface area contributed by atoms with Crippen LogP contribution in [-0.4, -0.2) is 66.2 Å². The van der Waals surface area contributed by atoms with Crippen LogP contribution >= 0.6 is 0 Å². The van der Waals surface area contributed by atoms with Gasteiger partial charge in [-0.3, -0.25) is 14.4 Å². The van der Waals surface area contributed by atoms with Crippen molar-refractivity contribution in [3.8, 4) is 23.0 Å². The summed E-state index contributed by atoms with van der Waals surface area (Å²) in [5.41, 5.74) is 0.529. The lowest BCUT2D eigenvalue weighted by Gasteiger charge is -2.43. The molecule has 0 heterocycles. The lowest BCUT2D eigenvalue weighted by Crippen LogP contribution is -2.52. The van der Waals surface area contributed by atoms with Crippen molar-refractivity contribution >= 4 is 29.5 Å². The van der Waals surface area contributed by atoms with Gasteiger partial charge >= 0.3 is 17.9 Å². The van der Waals surface area contributed by atoms with E-state index in [1.54, 1.807) is 0 Å². The van der Waals surface area contributed by atoms with Crippen molar-refractivity contribution in [1.29, 1.82) is 0 Å². The summed E-state index contributed by atoms with van der Waals surface area (Å²) in [4.78, 5) is 61.7. The number of carbonyl (C=O) groups excluding carboxylic acids is 3. The average Bonchev–Trinajstić information content (AvgIpc) is 2.88. The Kier molecular flexibility index (Phi) is 7.13. The number of aliphatic carboxylic acids is 2. The molecule has 12 nitrogen and oxygen atoms in total. The van der Waals surface area contributed by atoms with Crippen LogP contribution in [-0.2, 0) is 35.1 Å². The fraction of sp³-hybridized carbons (Fsp3) is 0.222. The van der Waals surface area contributed by atoms with Crippen LogP contribution in [0.25, 0.3) is 0 Å². The van der Waals surface area contributed by atoms with Crippen molar-refractivity contribution in [2.45, 2.75) is 18.4 Å². The molecule has 0 saturated heterocycles. The fourth-order valence-electron chi connectivity index (χ4n) is 4.97. The molecule has 2 bridgehead atoms. The third-order valence-electron chi connectivity index (χ3n) is 6.77. The molecular weight excluding hydrogens is 516 g/mol. The second-order valence-corrected chi connectivity index (χ2v) is 9.16. The monoisotopic (exact) mass is 538 g/mol. The van der Waals surface area contributed by atoms with Crippen LogP contribution in [0.1, 0.15) is 17.0 Å². The predicted octanol–water partition coefficient (Wildman–Crippen LogP) is 1.41. The Morgan fingerprint density at radius 1 is 0.872 bits per heavy atom. The third kappa shape index (κ3) is 5.17. The Morgan fingerprint density at radius 3 is 2.10 bits per heavy atom. The smallest absolute Gasteiger partial charge is 0.345 e. The molecule has 3 aliphatic rings. The van der Waals surface area contributed by atoms with E-state index >= 15 is 0 Å². The quantitative estimate of drug-likeness (QED) is 0.122. The van der Waals surface area contributed by atoms with Crippen LogP contribution in [0.5, 0.6) is 23.0 Å². The summed E-state index contributed by atoms with van der Waals surface area (Å²) in [6.45, 7) is 0. The van der Waals surface area contributed by atoms with Crippen LogP contribution in [0.3, 0.4) is 0 Å². The molecule has 202 valence electrons. The van der Waals surface area contributed by atoms with E-state index in [2.05, 4.69) is 0 Å². The molecular formula is C27H22O12. The molecule has 3 aliphatic carbocycles. The number of phenolic OH excluding ortho intramolecular Hbond substituents is 4. The van der Waals surface area contributed by atoms with Gasteiger partial charge < -0.3 is 35.4 Å². The Bertz CT molecular complexity index is 1450. The zero-order valence-electron chi connectivity index (χ0n) is 19.9. The van der Waals surface area contributed by atoms with E-state index < -0.39 is 82.2 Å². The summed E-state index contributed by atoms with van der Waals surface area (Å²) in [5.74, 6) is -12.8. The number of fused-ring (bicyclic) bond motifs is 2. The Morgan fingerprint density at radius 2 is 1.51 bits per heavy atom. The van der Waals surface area contributed by atoms with Crippen molar-refractivity contribution in [2.24, 2.45) is 17.8 Å². The van der Waals surface area contributed by atoms with Gasteiger partial charge in [-0.05, 0) is 41.0 Å². The number of rotatable bonds is 8. The molecule has 1 fully saturated rings. The normalized spacial score (nSPS) is 22.9. The molecule has 0 amide bonds. The van der Waals surface area contributed by atoms with Gasteiger partial charge in [-0.25, -0.2) is 9.59 Å². The maximum atomic E-state index is 12.8. The van der Waals surface area contributed by atoms with E-state index in [1.165, 1.54) is 18.2 Å². The van der Waals surface area contributed by atoms with Crippen LogP contribution in [0.2, 0.25) is 0 Å². The lowest BCUT2D eigenvalue weighted by molar-refractivity contribution is -0.160. The van der Waals surface area contributed by atoms with Crippen LogP contribution in [0.15, 0.2) is 60.2 Å². The van der Waals surface area contributed by atoms with Crippen molar-refractivity contribution < 1.29 is 59.3 Å². The van der Waals surface area contributed by atoms with Gasteiger partial charge in [-0.15, -0.1) is 0 Å². The Balaban J connectivity index is 1.58. The molecule has 0 aromatic heterocycles. The molecule has 0 radical (unpaired) electrons. The lowest BCUT2D eigenvalue weighted by atomic mass is 9.56. The van der Waals surface area contributed by atoms with Crippen molar-refractivity contribution in [2.75, 3.05) is 0 Å². The molecule has 0 aliphatic heterocycles. The molecule has 6 N–H and O–H groups in total. The summed E-state index contributed by atoms with van der Waals surface area (Å²) in [6, 6.07) is 7.18. The van der Waals surface area contributed by atoms with Crippen molar-refractivity contribution in [3.63, 3.8) is 0 Å². The topological polar surface area (TPSA) is 216 Å². The third-order valence-corrected chi connectivity index (χ3v) is 6.77. The van der Waals surface area contributed by atoms with Gasteiger partial charge in [0, 0.05) is 18.4 Å². The second kappa shape index (κ2) is 10.3. The van der Waals surface area contributed by atoms with Gasteiger partial charge in [0.15, 0.2) is 23.0 Å². The largest absolute Gasteiger partial charge is 0.504 e. The first-order valence-corrected chi connectivity index (χ1v) is 11.6. The highest BCUT2D eigenvalue weighted by Gasteiger charge is 2.56. The molecule has 5 unspecified atom stereocenters. The van der Waals surface area contributed by atoms with E-state index in [1.807, 2.05) is 0 Å². The molecule has 2 aromatic rings. The van der Waals surface area contributed by atoms with E-state index in [-0.39, 0.29) is 23.1 Å². The number of carboxylic acid groups (broad SMARTS) is 2. The number of Topliss-reactive ketones (excluding diaryl/α,β-unsaturated/α-hetero) is 2. The molecule has 12 heteroatoms. The van der Waals surface area contributed by atoms with Gasteiger partial charge in [0.25, 0.3) is 0 Å². The van der Waals surface area contributed by atoms with Gasteiger partial charge in [0.2, 0.25) is 17.7 Å². The van der Waals surface area contributed by atoms with E-state index in [4.69, 9.17) is 4.74 Å². The first kappa shape index (κ1) is 26.9. The molecule has 2 aromatic carbocycles. The number of allylic oxidation sites excluding steroid dienone is 3. The van der Waals surface area contributed by atoms with Gasteiger partial charge in [-0.2, -0.15) is 0 Å². The number of hydrogen-bond acceptors (Lipinski definition) is 10. The molecule has 5 rings (SSSR count). The highest BCUT2D eigenvalue weighted by atomic mass is 16.6. The first-order chi connectivity index (χ1) is 18.4. The number of benzene rings is 2. The van der Waals surface area contributed by atoms with Gasteiger partial charge in [-0.1, -0.05) is 24.3 Å². The van der Waals surface area contributed by atoms with Crippen LogP contribution in [0, 0.1) is 17.8 Å². The summed E-state index contributed by atoms with van der Waals surface area (Å²) >= 11 is 0. The maximum absolute atomic E-state index is 12.8. The van der Waals surface area contributed by atoms with Gasteiger partial charge in [0.05, 0.1) is 17.8 Å². The second-order valence-electron chi connectivity index (χ2n) is 9.16. The molecule has 1 saturated carbocycles. The zero-order valence-corrected chi connectivity index (χ0v) is 19.9. The number of esters is 1. The number of hydrogen-bond donors (Lipinski definition) is 6. The summed E-state index contributed by atoms with van der Waals surface area (Å²) < 4.78 is 4.98.